The molecule has 0 amide bonds. The maximum Gasteiger partial charge on any atom is 0.293 e. The number of nitrogens with two attached hydrogens (primary N) is 1. The second-order valence-corrected chi connectivity index (χ2v) is 6.70. The topological polar surface area (TPSA) is 124 Å². The summed E-state index contributed by atoms with van der Waals surface area (Å²) in [5.41, 5.74) is 4.21. The minimum absolute atomic E-state index is 0.00161. The molecule has 1 aliphatic heterocycles. The summed E-state index contributed by atoms with van der Waals surface area (Å²) in [6.07, 6.45) is 3.28. The van der Waals surface area contributed by atoms with E-state index in [1.807, 2.05) is 0 Å². The van der Waals surface area contributed by atoms with E-state index in [0.717, 1.165) is 12.5 Å². The predicted molar refractivity (Wildman–Crippen MR) is 91.7 cm³/mol. The number of nitro benzene ring substituents is 1. The van der Waals surface area contributed by atoms with E-state index in [2.05, 4.69) is 9.97 Å². The fourth-order valence-electron chi connectivity index (χ4n) is 2.94. The molecule has 0 spiro atoms. The molecule has 3 N–H and O–H groups in total. The molecular weight excluding hydrogens is 343 g/mol. The highest BCUT2D eigenvalue weighted by atomic mass is 19.1. The molecule has 1 unspecified atom stereocenters. The molecule has 0 radical (unpaired) electrons. The summed E-state index contributed by atoms with van der Waals surface area (Å²) >= 11 is 0. The summed E-state index contributed by atoms with van der Waals surface area (Å²) in [5, 5.41) is 21.3. The van der Waals surface area contributed by atoms with Crippen LogP contribution in [0, 0.1) is 15.9 Å². The molecule has 8 nitrogen and oxygen atoms in total. The lowest BCUT2D eigenvalue weighted by Crippen LogP contribution is -2.19. The SMILES string of the molecule is CC(C)(O)c1ncc(-c2cc([N+](=O)[O-])c(N)c(C3CCCO3)c2F)cn1. The van der Waals surface area contributed by atoms with Crippen molar-refractivity contribution in [3.8, 4) is 11.1 Å². The highest BCUT2D eigenvalue weighted by Gasteiger charge is 2.31. The highest BCUT2D eigenvalue weighted by Crippen LogP contribution is 2.42. The van der Waals surface area contributed by atoms with Crippen LogP contribution < -0.4 is 5.73 Å². The number of nitro groups is 1. The van der Waals surface area contributed by atoms with Crippen LogP contribution in [0.4, 0.5) is 15.8 Å². The lowest BCUT2D eigenvalue weighted by molar-refractivity contribution is -0.384. The van der Waals surface area contributed by atoms with Crippen LogP contribution >= 0.6 is 0 Å². The second-order valence-electron chi connectivity index (χ2n) is 6.70. The fourth-order valence-corrected chi connectivity index (χ4v) is 2.94. The molecule has 1 fully saturated rings. The van der Waals surface area contributed by atoms with Gasteiger partial charge in [0.2, 0.25) is 0 Å². The lowest BCUT2D eigenvalue weighted by atomic mass is 9.96. The molecule has 1 saturated heterocycles. The number of anilines is 1. The van der Waals surface area contributed by atoms with Gasteiger partial charge in [-0.1, -0.05) is 0 Å². The van der Waals surface area contributed by atoms with Crippen molar-refractivity contribution in [2.24, 2.45) is 0 Å². The second kappa shape index (κ2) is 6.58. The van der Waals surface area contributed by atoms with Crippen LogP contribution in [0.5, 0.6) is 0 Å². The summed E-state index contributed by atoms with van der Waals surface area (Å²) in [5.74, 6) is -0.523. The molecule has 0 saturated carbocycles. The number of hydrogen-bond acceptors (Lipinski definition) is 7. The zero-order valence-corrected chi connectivity index (χ0v) is 14.4. The van der Waals surface area contributed by atoms with Crippen molar-refractivity contribution in [1.82, 2.24) is 9.97 Å². The van der Waals surface area contributed by atoms with E-state index >= 15 is 4.39 Å². The van der Waals surface area contributed by atoms with Crippen molar-refractivity contribution in [1.29, 1.82) is 0 Å². The first kappa shape index (κ1) is 18.2. The summed E-state index contributed by atoms with van der Waals surface area (Å²) in [6, 6.07) is 1.07. The quantitative estimate of drug-likeness (QED) is 0.487. The minimum Gasteiger partial charge on any atom is -0.393 e. The maximum atomic E-state index is 15.2. The van der Waals surface area contributed by atoms with Crippen LogP contribution in [0.1, 0.15) is 44.2 Å². The zero-order chi connectivity index (χ0) is 19.1. The van der Waals surface area contributed by atoms with Crippen molar-refractivity contribution < 1.29 is 19.2 Å². The van der Waals surface area contributed by atoms with Crippen molar-refractivity contribution in [3.63, 3.8) is 0 Å². The average Bonchev–Trinajstić information content (AvgIpc) is 3.08. The molecule has 0 aliphatic carbocycles. The van der Waals surface area contributed by atoms with Crippen LogP contribution in [-0.2, 0) is 10.3 Å². The third kappa shape index (κ3) is 3.23. The summed E-state index contributed by atoms with van der Waals surface area (Å²) in [4.78, 5) is 18.8. The van der Waals surface area contributed by atoms with Gasteiger partial charge in [-0.05, 0) is 26.7 Å². The molecular formula is C17H19FN4O4. The lowest BCUT2D eigenvalue weighted by Gasteiger charge is -2.17. The molecule has 3 rings (SSSR count). The number of nitrogens with zero attached hydrogens (tertiary/aromatic N) is 3. The minimum atomic E-state index is -1.26. The Morgan fingerprint density at radius 2 is 2.08 bits per heavy atom. The number of nitrogen functional groups attached to an aromatic ring is 1. The molecule has 138 valence electrons. The van der Waals surface area contributed by atoms with E-state index in [-0.39, 0.29) is 28.2 Å². The van der Waals surface area contributed by atoms with Gasteiger partial charge in [0.05, 0.1) is 11.0 Å². The number of benzene rings is 1. The van der Waals surface area contributed by atoms with Crippen LogP contribution in [0.15, 0.2) is 18.5 Å². The number of aliphatic hydroxyl groups is 1. The number of ether oxygens (including phenoxy) is 1. The van der Waals surface area contributed by atoms with E-state index in [0.29, 0.717) is 13.0 Å². The zero-order valence-electron chi connectivity index (χ0n) is 14.4. The van der Waals surface area contributed by atoms with Gasteiger partial charge in [-0.25, -0.2) is 14.4 Å². The Hall–Kier alpha value is -2.65. The van der Waals surface area contributed by atoms with Crippen LogP contribution in [0.25, 0.3) is 11.1 Å². The molecule has 9 heteroatoms. The molecule has 1 atom stereocenters. The molecule has 2 heterocycles. The Balaban J connectivity index is 2.16. The summed E-state index contributed by atoms with van der Waals surface area (Å²) in [7, 11) is 0. The Morgan fingerprint density at radius 3 is 2.58 bits per heavy atom. The van der Waals surface area contributed by atoms with Crippen molar-refractivity contribution >= 4 is 11.4 Å². The molecule has 2 aromatic rings. The van der Waals surface area contributed by atoms with E-state index in [4.69, 9.17) is 10.5 Å². The highest BCUT2D eigenvalue weighted by molar-refractivity contribution is 5.76. The van der Waals surface area contributed by atoms with E-state index in [1.165, 1.54) is 26.2 Å². The average molecular weight is 362 g/mol. The van der Waals surface area contributed by atoms with E-state index in [9.17, 15) is 15.2 Å². The van der Waals surface area contributed by atoms with Gasteiger partial charge in [0.25, 0.3) is 5.69 Å². The largest absolute Gasteiger partial charge is 0.393 e. The van der Waals surface area contributed by atoms with Crippen LogP contribution in [-0.4, -0.2) is 26.6 Å². The Morgan fingerprint density at radius 1 is 1.42 bits per heavy atom. The van der Waals surface area contributed by atoms with Crippen LogP contribution in [0.2, 0.25) is 0 Å². The Kier molecular flexibility index (Phi) is 4.59. The van der Waals surface area contributed by atoms with Crippen molar-refractivity contribution in [3.05, 3.63) is 45.8 Å². The first-order chi connectivity index (χ1) is 12.2. The fraction of sp³-hybridized carbons (Fsp3) is 0.412. The third-order valence-electron chi connectivity index (χ3n) is 4.28. The Bertz CT molecular complexity index is 843. The predicted octanol–water partition coefficient (Wildman–Crippen LogP) is 2.85. The summed E-state index contributed by atoms with van der Waals surface area (Å²) < 4.78 is 20.6. The van der Waals surface area contributed by atoms with Gasteiger partial charge in [0.1, 0.15) is 17.1 Å². The maximum absolute atomic E-state index is 15.2. The standard InChI is InChI=1S/C17H19FN4O4/c1-17(2,23)16-20-7-9(8-21-16)10-6-11(22(24)25)15(19)13(14(10)18)12-4-3-5-26-12/h6-8,12,23H,3-5,19H2,1-2H3. The third-order valence-corrected chi connectivity index (χ3v) is 4.28. The van der Waals surface area contributed by atoms with E-state index < -0.39 is 28.1 Å². The van der Waals surface area contributed by atoms with Gasteiger partial charge in [0.15, 0.2) is 5.82 Å². The molecule has 1 aromatic heterocycles. The van der Waals surface area contributed by atoms with Gasteiger partial charge < -0.3 is 15.6 Å². The van der Waals surface area contributed by atoms with Crippen molar-refractivity contribution in [2.75, 3.05) is 12.3 Å². The Labute approximate surface area is 149 Å². The van der Waals surface area contributed by atoms with Gasteiger partial charge in [-0.15, -0.1) is 0 Å². The van der Waals surface area contributed by atoms with Gasteiger partial charge in [-0.3, -0.25) is 10.1 Å². The number of halogens is 1. The first-order valence-corrected chi connectivity index (χ1v) is 8.13. The molecule has 26 heavy (non-hydrogen) atoms. The van der Waals surface area contributed by atoms with Gasteiger partial charge in [0, 0.05) is 41.8 Å². The molecule has 1 aliphatic rings. The van der Waals surface area contributed by atoms with Gasteiger partial charge >= 0.3 is 0 Å². The first-order valence-electron chi connectivity index (χ1n) is 8.13. The monoisotopic (exact) mass is 362 g/mol. The van der Waals surface area contributed by atoms with E-state index in [1.54, 1.807) is 0 Å². The summed E-state index contributed by atoms with van der Waals surface area (Å²) in [6.45, 7) is 3.49. The number of aromatic nitrogens is 2. The molecule has 0 bridgehead atoms. The van der Waals surface area contributed by atoms with Crippen molar-refractivity contribution in [2.45, 2.75) is 38.4 Å². The smallest absolute Gasteiger partial charge is 0.293 e. The normalized spacial score (nSPS) is 17.5. The number of rotatable bonds is 4. The number of hydrogen-bond donors (Lipinski definition) is 2. The van der Waals surface area contributed by atoms with Gasteiger partial charge in [-0.2, -0.15) is 0 Å². The molecule has 1 aromatic carbocycles. The van der Waals surface area contributed by atoms with Crippen LogP contribution in [0.3, 0.4) is 0 Å².